The van der Waals surface area contributed by atoms with Gasteiger partial charge in [0.1, 0.15) is 13.0 Å². The summed E-state index contributed by atoms with van der Waals surface area (Å²) in [5.41, 5.74) is 6.95. The second kappa shape index (κ2) is 9.67. The summed E-state index contributed by atoms with van der Waals surface area (Å²) in [5, 5.41) is 9.42. The predicted molar refractivity (Wildman–Crippen MR) is 128 cm³/mol. The zero-order valence-corrected chi connectivity index (χ0v) is 20.3. The molecule has 1 saturated carbocycles. The van der Waals surface area contributed by atoms with E-state index in [1.165, 1.54) is 6.07 Å². The molecule has 0 bridgehead atoms. The molecule has 182 valence electrons. The lowest BCUT2D eigenvalue weighted by Crippen LogP contribution is -2.60. The molecule has 1 aromatic carbocycles. The number of amides is 1. The maximum atomic E-state index is 14.9. The third-order valence-electron chi connectivity index (χ3n) is 7.99. The Morgan fingerprint density at radius 1 is 1.15 bits per heavy atom. The first-order valence-electron chi connectivity index (χ1n) is 12.4. The maximum absolute atomic E-state index is 14.9. The summed E-state index contributed by atoms with van der Waals surface area (Å²) in [6.45, 7) is 2.75. The Bertz CT molecular complexity index is 1060. The zero-order chi connectivity index (χ0) is 23.7. The van der Waals surface area contributed by atoms with E-state index in [1.54, 1.807) is 12.1 Å². The highest BCUT2D eigenvalue weighted by atomic mass is 31.2. The van der Waals surface area contributed by atoms with E-state index in [0.29, 0.717) is 43.1 Å². The van der Waals surface area contributed by atoms with Crippen LogP contribution in [-0.2, 0) is 15.8 Å². The number of fused-ring (bicyclic) bond motifs is 1. The van der Waals surface area contributed by atoms with Gasteiger partial charge in [-0.2, -0.15) is 5.26 Å². The molecule has 3 saturated heterocycles. The quantitative estimate of drug-likeness (QED) is 0.294. The van der Waals surface area contributed by atoms with Gasteiger partial charge in [-0.15, -0.1) is 4.99 Å². The fraction of sp³-hybridized carbons (Fsp3) is 0.625. The maximum Gasteiger partial charge on any atom is 0.237 e. The smallest absolute Gasteiger partial charge is 0.237 e. The minimum atomic E-state index is -2.90. The molecule has 1 aromatic rings. The zero-order valence-electron chi connectivity index (χ0n) is 19.4. The molecule has 0 radical (unpaired) electrons. The van der Waals surface area contributed by atoms with Gasteiger partial charge < -0.3 is 14.4 Å². The van der Waals surface area contributed by atoms with Crippen LogP contribution in [0.4, 0.5) is 4.39 Å². The molecule has 3 heterocycles. The fourth-order valence-corrected chi connectivity index (χ4v) is 8.61. The molecule has 0 spiro atoms. The lowest BCUT2D eigenvalue weighted by Gasteiger charge is -2.42. The normalized spacial score (nSPS) is 29.0. The summed E-state index contributed by atoms with van der Waals surface area (Å²) in [5.74, 6) is 0.638. The molecule has 1 amide bonds. The Labute approximate surface area is 199 Å². The molecule has 5 rings (SSSR count). The molecular formula is C24H32FN6O2P. The molecule has 34 heavy (non-hydrogen) atoms. The number of halogens is 1. The summed E-state index contributed by atoms with van der Waals surface area (Å²) >= 11 is 0. The predicted octanol–water partition coefficient (Wildman–Crippen LogP) is 2.02. The number of likely N-dealkylation sites (tertiary alicyclic amines) is 1. The van der Waals surface area contributed by atoms with Crippen molar-refractivity contribution in [3.8, 4) is 6.19 Å². The molecule has 0 aromatic heterocycles. The van der Waals surface area contributed by atoms with Gasteiger partial charge in [0, 0.05) is 55.8 Å². The number of rotatable bonds is 3. The van der Waals surface area contributed by atoms with Crippen LogP contribution < -0.4 is 16.2 Å². The minimum absolute atomic E-state index is 0.0401. The van der Waals surface area contributed by atoms with Gasteiger partial charge in [0.25, 0.3) is 0 Å². The van der Waals surface area contributed by atoms with Crippen LogP contribution in [-0.4, -0.2) is 66.2 Å². The van der Waals surface area contributed by atoms with Gasteiger partial charge in [-0.05, 0) is 49.3 Å². The summed E-state index contributed by atoms with van der Waals surface area (Å²) in [4.78, 5) is 20.3. The molecule has 3 unspecified atom stereocenters. The number of nitrogens with one attached hydrogen (secondary N) is 2. The number of guanidine groups is 1. The number of carbonyl (C=O) groups is 1. The first-order valence-corrected chi connectivity index (χ1v) is 14.5. The van der Waals surface area contributed by atoms with Gasteiger partial charge >= 0.3 is 0 Å². The third-order valence-corrected chi connectivity index (χ3v) is 11.1. The SMILES string of the molecule is N#CN=C(N1CCC1)N1CCP(=O)(c2cc(CC3NNC(=O)C4CCCCC34)ccc2F)CC1. The number of aliphatic imine (C=N–C) groups is 1. The lowest BCUT2D eigenvalue weighted by atomic mass is 9.72. The first-order chi connectivity index (χ1) is 16.5. The standard InChI is InChI=1S/C24H32FN6O2P/c25-20-7-6-17(14-21-18-4-1-2-5-19(18)23(32)29-28-21)15-22(20)34(33)12-10-31(11-13-34)24(27-16-26)30-8-3-9-30/h6-7,15,18-19,21,28H,1-5,8-14H2,(H,29,32). The minimum Gasteiger partial charge on any atom is -0.342 e. The molecular weight excluding hydrogens is 454 g/mol. The number of hydrazine groups is 1. The number of hydrogen-bond donors (Lipinski definition) is 2. The van der Waals surface area contributed by atoms with Crippen molar-refractivity contribution in [2.24, 2.45) is 16.8 Å². The van der Waals surface area contributed by atoms with Crippen LogP contribution in [0.25, 0.3) is 0 Å². The van der Waals surface area contributed by atoms with Gasteiger partial charge in [-0.25, -0.2) is 9.82 Å². The Morgan fingerprint density at radius 2 is 1.88 bits per heavy atom. The molecule has 1 aliphatic carbocycles. The van der Waals surface area contributed by atoms with E-state index in [-0.39, 0.29) is 23.8 Å². The Balaban J connectivity index is 1.30. The topological polar surface area (TPSA) is 101 Å². The van der Waals surface area contributed by atoms with Crippen LogP contribution in [0.15, 0.2) is 23.2 Å². The van der Waals surface area contributed by atoms with E-state index in [9.17, 15) is 13.8 Å². The second-order valence-electron chi connectivity index (χ2n) is 9.96. The Kier molecular flexibility index (Phi) is 6.63. The number of carbonyl (C=O) groups excluding carboxylic acids is 1. The molecule has 10 heteroatoms. The van der Waals surface area contributed by atoms with Crippen LogP contribution in [0.3, 0.4) is 0 Å². The molecule has 8 nitrogen and oxygen atoms in total. The number of hydrogen-bond acceptors (Lipinski definition) is 5. The number of benzene rings is 1. The Hall–Kier alpha value is -2.43. The van der Waals surface area contributed by atoms with Gasteiger partial charge in [-0.1, -0.05) is 18.9 Å². The number of nitriles is 1. The molecule has 3 atom stereocenters. The molecule has 3 aliphatic heterocycles. The van der Waals surface area contributed by atoms with Gasteiger partial charge in [0.2, 0.25) is 18.1 Å². The van der Waals surface area contributed by atoms with Crippen molar-refractivity contribution >= 4 is 24.3 Å². The average Bonchev–Trinajstić information content (AvgIpc) is 2.81. The van der Waals surface area contributed by atoms with Crippen molar-refractivity contribution in [2.45, 2.75) is 44.6 Å². The molecule has 4 aliphatic rings. The van der Waals surface area contributed by atoms with Crippen molar-refractivity contribution in [3.63, 3.8) is 0 Å². The van der Waals surface area contributed by atoms with Crippen LogP contribution >= 0.6 is 7.14 Å². The summed E-state index contributed by atoms with van der Waals surface area (Å²) in [7, 11) is -2.90. The lowest BCUT2D eigenvalue weighted by molar-refractivity contribution is -0.133. The summed E-state index contributed by atoms with van der Waals surface area (Å²) < 4.78 is 28.8. The highest BCUT2D eigenvalue weighted by Gasteiger charge is 2.40. The van der Waals surface area contributed by atoms with Crippen molar-refractivity contribution < 1.29 is 13.8 Å². The van der Waals surface area contributed by atoms with E-state index < -0.39 is 13.0 Å². The monoisotopic (exact) mass is 486 g/mol. The highest BCUT2D eigenvalue weighted by molar-refractivity contribution is 7.71. The van der Waals surface area contributed by atoms with Crippen LogP contribution in [0.1, 0.15) is 37.7 Å². The first kappa shape index (κ1) is 23.3. The van der Waals surface area contributed by atoms with Crippen LogP contribution in [0.2, 0.25) is 0 Å². The third kappa shape index (κ3) is 4.46. The largest absolute Gasteiger partial charge is 0.342 e. The Morgan fingerprint density at radius 3 is 2.59 bits per heavy atom. The number of nitrogens with zero attached hydrogens (tertiary/aromatic N) is 4. The van der Waals surface area contributed by atoms with Crippen molar-refractivity contribution in [2.75, 3.05) is 38.5 Å². The second-order valence-corrected chi connectivity index (χ2v) is 13.1. The van der Waals surface area contributed by atoms with Crippen LogP contribution in [0, 0.1) is 29.1 Å². The van der Waals surface area contributed by atoms with E-state index in [1.807, 2.05) is 11.1 Å². The van der Waals surface area contributed by atoms with Gasteiger partial charge in [0.05, 0.1) is 0 Å². The van der Waals surface area contributed by atoms with Crippen molar-refractivity contribution in [3.05, 3.63) is 29.6 Å². The van der Waals surface area contributed by atoms with E-state index in [4.69, 9.17) is 5.26 Å². The van der Waals surface area contributed by atoms with Crippen molar-refractivity contribution in [1.29, 1.82) is 5.26 Å². The van der Waals surface area contributed by atoms with E-state index in [0.717, 1.165) is 50.8 Å². The van der Waals surface area contributed by atoms with Gasteiger partial charge in [0.15, 0.2) is 0 Å². The summed E-state index contributed by atoms with van der Waals surface area (Å²) in [6.07, 6.45) is 8.51. The fourth-order valence-electron chi connectivity index (χ4n) is 5.92. The molecule has 2 N–H and O–H groups in total. The summed E-state index contributed by atoms with van der Waals surface area (Å²) in [6, 6.07) is 5.10. The van der Waals surface area contributed by atoms with E-state index >= 15 is 0 Å². The molecule has 4 fully saturated rings. The van der Waals surface area contributed by atoms with Crippen molar-refractivity contribution in [1.82, 2.24) is 20.7 Å². The average molecular weight is 487 g/mol. The highest BCUT2D eigenvalue weighted by Crippen LogP contribution is 2.47. The van der Waals surface area contributed by atoms with E-state index in [2.05, 4.69) is 20.7 Å². The van der Waals surface area contributed by atoms with Gasteiger partial charge in [-0.3, -0.25) is 10.2 Å². The van der Waals surface area contributed by atoms with Crippen LogP contribution in [0.5, 0.6) is 0 Å².